The zero-order valence-corrected chi connectivity index (χ0v) is 19.7. The molecule has 1 aliphatic carbocycles. The van der Waals surface area contributed by atoms with Gasteiger partial charge >= 0.3 is 6.23 Å². The minimum atomic E-state index is -1.56. The van der Waals surface area contributed by atoms with Crippen LogP contribution in [0.3, 0.4) is 0 Å². The molecule has 7 nitrogen and oxygen atoms in total. The van der Waals surface area contributed by atoms with E-state index in [1.54, 1.807) is 17.6 Å². The third-order valence-corrected chi connectivity index (χ3v) is 6.48. The van der Waals surface area contributed by atoms with E-state index in [1.807, 2.05) is 27.7 Å². The van der Waals surface area contributed by atoms with Crippen molar-refractivity contribution in [1.82, 2.24) is 9.55 Å². The number of halogens is 1. The molecule has 33 heavy (non-hydrogen) atoms. The number of aryl methyl sites for hydroxylation is 2. The summed E-state index contributed by atoms with van der Waals surface area (Å²) >= 11 is 0. The molecule has 0 bridgehead atoms. The number of aliphatic hydroxyl groups excluding tert-OH is 1. The molecule has 1 aromatic carbocycles. The molecule has 1 atom stereocenters. The average molecular weight is 455 g/mol. The molecule has 1 unspecified atom stereocenters. The summed E-state index contributed by atoms with van der Waals surface area (Å²) in [4.78, 5) is 34.4. The van der Waals surface area contributed by atoms with Gasteiger partial charge in [0.05, 0.1) is 39.5 Å². The van der Waals surface area contributed by atoms with E-state index < -0.39 is 6.23 Å². The van der Waals surface area contributed by atoms with E-state index >= 15 is 0 Å². The Bertz CT molecular complexity index is 1350. The highest BCUT2D eigenvalue weighted by atomic mass is 19.1. The van der Waals surface area contributed by atoms with Crippen LogP contribution in [0, 0.1) is 17.6 Å². The minimum absolute atomic E-state index is 0.0940. The first-order valence-corrected chi connectivity index (χ1v) is 11.6. The summed E-state index contributed by atoms with van der Waals surface area (Å²) in [5.74, 6) is -0.275. The fourth-order valence-electron chi connectivity index (χ4n) is 5.01. The molecule has 0 amide bonds. The van der Waals surface area contributed by atoms with Crippen LogP contribution >= 0.6 is 0 Å². The molecular formula is C25H29FN3O4+. The number of aliphatic hydroxyl groups is 1. The first-order valence-electron chi connectivity index (χ1n) is 11.6. The lowest BCUT2D eigenvalue weighted by Crippen LogP contribution is -2.33. The predicted octanol–water partition coefficient (Wildman–Crippen LogP) is 4.63. The maximum absolute atomic E-state index is 14.5. The molecule has 0 spiro atoms. The Balaban J connectivity index is 0.000000617. The average Bonchev–Trinajstić information content (AvgIpc) is 3.22. The van der Waals surface area contributed by atoms with Gasteiger partial charge in [0.15, 0.2) is 6.61 Å². The van der Waals surface area contributed by atoms with E-state index in [1.165, 1.54) is 6.07 Å². The second-order valence-corrected chi connectivity index (χ2v) is 7.91. The Labute approximate surface area is 191 Å². The Hall–Kier alpha value is -3.13. The SMILES string of the molecule is CC.CC.Cc1c(F)cc2nc3c(c4c2c1CCC4)Cn1c-3cc2c(c1=O)CO[N+](=O)C2O. The standard InChI is InChI=1S/C21H17FN3O4.2C2H6/c1-9-10-3-2-4-11-13-7-24-17(19(13)23-16(18(10)11)6-15(9)22)5-12-14(20(24)26)8-29-25(28)21(12)27;2*1-2/h5-6,21,27H,2-4,7-8H2,1H3;2*1-2H3/q+1;;. The van der Waals surface area contributed by atoms with Crippen LogP contribution in [0.4, 0.5) is 4.39 Å². The molecule has 3 aliphatic rings. The summed E-state index contributed by atoms with van der Waals surface area (Å²) in [6, 6.07) is 3.10. The number of hydrogen-bond acceptors (Lipinski definition) is 5. The van der Waals surface area contributed by atoms with Gasteiger partial charge in [-0.15, -0.1) is 0 Å². The number of aromatic nitrogens is 2. The van der Waals surface area contributed by atoms with E-state index in [4.69, 9.17) is 9.82 Å². The van der Waals surface area contributed by atoms with Crippen molar-refractivity contribution < 1.29 is 19.3 Å². The molecule has 0 saturated heterocycles. The fourth-order valence-corrected chi connectivity index (χ4v) is 5.01. The Kier molecular flexibility index (Phi) is 6.05. The van der Waals surface area contributed by atoms with Crippen molar-refractivity contribution >= 4 is 10.9 Å². The summed E-state index contributed by atoms with van der Waals surface area (Å²) in [7, 11) is 0. The van der Waals surface area contributed by atoms with Gasteiger partial charge in [0, 0.05) is 17.0 Å². The van der Waals surface area contributed by atoms with Crippen molar-refractivity contribution in [3.05, 3.63) is 66.6 Å². The zero-order valence-electron chi connectivity index (χ0n) is 19.7. The second-order valence-electron chi connectivity index (χ2n) is 7.91. The lowest BCUT2D eigenvalue weighted by atomic mass is 9.85. The Morgan fingerprint density at radius 2 is 1.82 bits per heavy atom. The van der Waals surface area contributed by atoms with Crippen molar-refractivity contribution in [2.45, 2.75) is 73.3 Å². The molecule has 1 N–H and O–H groups in total. The monoisotopic (exact) mass is 454 g/mol. The quantitative estimate of drug-likeness (QED) is 0.419. The van der Waals surface area contributed by atoms with Crippen molar-refractivity contribution in [3.63, 3.8) is 0 Å². The Morgan fingerprint density at radius 1 is 1.12 bits per heavy atom. The molecule has 0 radical (unpaired) electrons. The maximum atomic E-state index is 14.5. The highest BCUT2D eigenvalue weighted by molar-refractivity contribution is 5.92. The van der Waals surface area contributed by atoms with Gasteiger partial charge in [0.2, 0.25) is 0 Å². The van der Waals surface area contributed by atoms with Crippen molar-refractivity contribution in [2.24, 2.45) is 0 Å². The first kappa shape index (κ1) is 23.0. The second kappa shape index (κ2) is 8.67. The van der Waals surface area contributed by atoms with E-state index in [-0.39, 0.29) is 34.0 Å². The molecule has 8 heteroatoms. The van der Waals surface area contributed by atoms with Crippen molar-refractivity contribution in [2.75, 3.05) is 0 Å². The molecule has 2 aromatic heterocycles. The van der Waals surface area contributed by atoms with E-state index in [0.717, 1.165) is 41.3 Å². The van der Waals surface area contributed by atoms with Gasteiger partial charge in [-0.05, 0) is 48.9 Å². The van der Waals surface area contributed by atoms with E-state index in [2.05, 4.69) is 0 Å². The van der Waals surface area contributed by atoms with Crippen LogP contribution < -0.4 is 5.56 Å². The number of rotatable bonds is 0. The lowest BCUT2D eigenvalue weighted by molar-refractivity contribution is -0.863. The molecule has 3 aromatic rings. The van der Waals surface area contributed by atoms with Gasteiger partial charge in [-0.25, -0.2) is 14.2 Å². The largest absolute Gasteiger partial charge is 0.384 e. The molecule has 2 aliphatic heterocycles. The van der Waals surface area contributed by atoms with Gasteiger partial charge in [0.1, 0.15) is 5.82 Å². The normalized spacial score (nSPS) is 17.1. The predicted molar refractivity (Wildman–Crippen MR) is 123 cm³/mol. The molecule has 174 valence electrons. The summed E-state index contributed by atoms with van der Waals surface area (Å²) in [5.41, 5.74) is 5.74. The van der Waals surface area contributed by atoms with E-state index in [9.17, 15) is 19.2 Å². The van der Waals surface area contributed by atoms with E-state index in [0.29, 0.717) is 29.0 Å². The van der Waals surface area contributed by atoms with Gasteiger partial charge in [-0.3, -0.25) is 4.79 Å². The van der Waals surface area contributed by atoms with Crippen LogP contribution in [0.5, 0.6) is 0 Å². The van der Waals surface area contributed by atoms with Crippen molar-refractivity contribution in [3.8, 4) is 11.4 Å². The number of pyridine rings is 2. The maximum Gasteiger partial charge on any atom is 0.384 e. The number of nitrogens with zero attached hydrogens (tertiary/aromatic N) is 3. The van der Waals surface area contributed by atoms with Gasteiger partial charge in [-0.1, -0.05) is 27.7 Å². The Morgan fingerprint density at radius 3 is 2.55 bits per heavy atom. The van der Waals surface area contributed by atoms with Crippen LogP contribution in [-0.2, 0) is 30.8 Å². The lowest BCUT2D eigenvalue weighted by Gasteiger charge is -2.21. The summed E-state index contributed by atoms with van der Waals surface area (Å²) in [6.45, 7) is 10.0. The first-order chi connectivity index (χ1) is 16.0. The summed E-state index contributed by atoms with van der Waals surface area (Å²) < 4.78 is 16.1. The zero-order chi connectivity index (χ0) is 24.0. The third kappa shape index (κ3) is 3.27. The van der Waals surface area contributed by atoms with Gasteiger partial charge < -0.3 is 9.67 Å². The molecular weight excluding hydrogens is 425 g/mol. The van der Waals surface area contributed by atoms with Crippen LogP contribution in [0.1, 0.15) is 73.7 Å². The highest BCUT2D eigenvalue weighted by Crippen LogP contribution is 2.41. The smallest absolute Gasteiger partial charge is 0.326 e. The van der Waals surface area contributed by atoms with Crippen molar-refractivity contribution in [1.29, 1.82) is 0 Å². The molecule has 0 fully saturated rings. The number of benzene rings is 1. The topological polar surface area (TPSA) is 84.4 Å². The number of hydrogen-bond donors (Lipinski definition) is 1. The summed E-state index contributed by atoms with van der Waals surface area (Å²) in [5, 5.41) is 11.2. The van der Waals surface area contributed by atoms with Crippen LogP contribution in [0.15, 0.2) is 16.9 Å². The number of fused-ring (bicyclic) bond motifs is 5. The highest BCUT2D eigenvalue weighted by Gasteiger charge is 2.40. The minimum Gasteiger partial charge on any atom is -0.326 e. The summed E-state index contributed by atoms with van der Waals surface area (Å²) in [6.07, 6.45) is 1.02. The fraction of sp³-hybridized carbons (Fsp3) is 0.440. The van der Waals surface area contributed by atoms with Crippen LogP contribution in [-0.4, -0.2) is 19.6 Å². The molecule has 6 rings (SSSR count). The van der Waals surface area contributed by atoms with Crippen LogP contribution in [0.25, 0.3) is 22.3 Å². The van der Waals surface area contributed by atoms with Gasteiger partial charge in [-0.2, -0.15) is 0 Å². The van der Waals surface area contributed by atoms with Crippen LogP contribution in [0.2, 0.25) is 0 Å². The molecule has 4 heterocycles. The van der Waals surface area contributed by atoms with Gasteiger partial charge in [0.25, 0.3) is 10.5 Å². The molecule has 0 saturated carbocycles. The third-order valence-electron chi connectivity index (χ3n) is 6.48.